The van der Waals surface area contributed by atoms with Gasteiger partial charge in [0.2, 0.25) is 15.9 Å². The summed E-state index contributed by atoms with van der Waals surface area (Å²) in [6.45, 7) is 0.287. The van der Waals surface area contributed by atoms with Crippen molar-refractivity contribution in [1.29, 1.82) is 0 Å². The Labute approximate surface area is 158 Å². The fourth-order valence-corrected chi connectivity index (χ4v) is 3.50. The van der Waals surface area contributed by atoms with E-state index in [1.807, 2.05) is 24.3 Å². The Morgan fingerprint density at radius 1 is 1.07 bits per heavy atom. The molecule has 0 bridgehead atoms. The first-order valence-corrected chi connectivity index (χ1v) is 10.3. The van der Waals surface area contributed by atoms with Gasteiger partial charge in [0.1, 0.15) is 0 Å². The molecular formula is C19H20N4O3S. The van der Waals surface area contributed by atoms with Gasteiger partial charge in [0.05, 0.1) is 17.5 Å². The normalized spacial score (nSPS) is 11.6. The van der Waals surface area contributed by atoms with Gasteiger partial charge in [-0.2, -0.15) is 4.31 Å². The van der Waals surface area contributed by atoms with Crippen molar-refractivity contribution in [1.82, 2.24) is 14.3 Å². The van der Waals surface area contributed by atoms with Crippen LogP contribution >= 0.6 is 0 Å². The van der Waals surface area contributed by atoms with Crippen LogP contribution in [0.4, 0.5) is 5.69 Å². The van der Waals surface area contributed by atoms with E-state index in [0.717, 1.165) is 17.2 Å². The van der Waals surface area contributed by atoms with Crippen LogP contribution in [0, 0.1) is 0 Å². The number of aromatic nitrogens is 2. The average Bonchev–Trinajstić information content (AvgIpc) is 2.65. The number of anilines is 1. The Bertz CT molecular complexity index is 1030. The molecule has 27 heavy (non-hydrogen) atoms. The molecule has 0 saturated heterocycles. The second kappa shape index (κ2) is 8.24. The summed E-state index contributed by atoms with van der Waals surface area (Å²) in [4.78, 5) is 20.6. The second-order valence-electron chi connectivity index (χ2n) is 6.13. The van der Waals surface area contributed by atoms with Crippen molar-refractivity contribution < 1.29 is 13.2 Å². The van der Waals surface area contributed by atoms with Gasteiger partial charge in [-0.1, -0.05) is 18.2 Å². The van der Waals surface area contributed by atoms with Gasteiger partial charge in [-0.3, -0.25) is 14.8 Å². The van der Waals surface area contributed by atoms with Crippen molar-refractivity contribution in [2.45, 2.75) is 13.0 Å². The van der Waals surface area contributed by atoms with Crippen LogP contribution in [-0.4, -0.2) is 41.4 Å². The summed E-state index contributed by atoms with van der Waals surface area (Å²) >= 11 is 0. The fraction of sp³-hybridized carbons (Fsp3) is 0.211. The average molecular weight is 384 g/mol. The first-order chi connectivity index (χ1) is 12.9. The van der Waals surface area contributed by atoms with Crippen molar-refractivity contribution in [2.75, 3.05) is 18.1 Å². The predicted molar refractivity (Wildman–Crippen MR) is 104 cm³/mol. The maximum atomic E-state index is 12.4. The smallest absolute Gasteiger partial charge is 0.225 e. The molecule has 7 nitrogen and oxygen atoms in total. The van der Waals surface area contributed by atoms with Crippen molar-refractivity contribution in [3.8, 4) is 0 Å². The molecule has 0 spiro atoms. The Balaban J connectivity index is 1.67. The highest BCUT2D eigenvalue weighted by Crippen LogP contribution is 2.20. The minimum absolute atomic E-state index is 0.0430. The molecule has 1 amide bonds. The minimum atomic E-state index is -3.45. The number of carbonyl (C=O) groups is 1. The molecule has 0 saturated carbocycles. The zero-order chi connectivity index (χ0) is 19.3. The van der Waals surface area contributed by atoms with Gasteiger partial charge < -0.3 is 5.32 Å². The van der Waals surface area contributed by atoms with E-state index in [9.17, 15) is 13.2 Å². The number of para-hydroxylation sites is 1. The van der Waals surface area contributed by atoms with E-state index < -0.39 is 10.0 Å². The number of amides is 1. The molecule has 140 valence electrons. The molecule has 0 aliphatic heterocycles. The zero-order valence-corrected chi connectivity index (χ0v) is 15.7. The molecule has 0 aliphatic carbocycles. The summed E-state index contributed by atoms with van der Waals surface area (Å²) in [5.41, 5.74) is 2.12. The molecule has 0 fully saturated rings. The largest absolute Gasteiger partial charge is 0.324 e. The van der Waals surface area contributed by atoms with Crippen LogP contribution < -0.4 is 5.32 Å². The fourth-order valence-electron chi connectivity index (χ4n) is 2.70. The number of hydrogen-bond acceptors (Lipinski definition) is 5. The summed E-state index contributed by atoms with van der Waals surface area (Å²) in [5, 5.41) is 3.74. The van der Waals surface area contributed by atoms with E-state index in [0.29, 0.717) is 11.2 Å². The lowest BCUT2D eigenvalue weighted by Crippen LogP contribution is -2.32. The van der Waals surface area contributed by atoms with Gasteiger partial charge in [-0.15, -0.1) is 0 Å². The molecule has 0 atom stereocenters. The van der Waals surface area contributed by atoms with Crippen molar-refractivity contribution in [2.24, 2.45) is 0 Å². The Morgan fingerprint density at radius 2 is 1.81 bits per heavy atom. The molecule has 0 unspecified atom stereocenters. The molecule has 1 aromatic carbocycles. The van der Waals surface area contributed by atoms with Crippen LogP contribution in [0.1, 0.15) is 12.0 Å². The highest BCUT2D eigenvalue weighted by molar-refractivity contribution is 7.88. The number of benzene rings is 1. The Kier molecular flexibility index (Phi) is 5.78. The maximum absolute atomic E-state index is 12.4. The first-order valence-electron chi connectivity index (χ1n) is 8.41. The summed E-state index contributed by atoms with van der Waals surface area (Å²) in [6.07, 6.45) is 6.06. The number of fused-ring (bicyclic) bond motifs is 1. The van der Waals surface area contributed by atoms with Gasteiger partial charge in [-0.25, -0.2) is 8.42 Å². The van der Waals surface area contributed by atoms with Crippen molar-refractivity contribution >= 4 is 32.5 Å². The summed E-state index contributed by atoms with van der Waals surface area (Å²) in [6, 6.07) is 12.8. The van der Waals surface area contributed by atoms with Crippen LogP contribution in [0.25, 0.3) is 10.9 Å². The zero-order valence-electron chi connectivity index (χ0n) is 14.9. The van der Waals surface area contributed by atoms with E-state index in [4.69, 9.17) is 0 Å². The number of nitrogens with zero attached hydrogens (tertiary/aromatic N) is 3. The Morgan fingerprint density at radius 3 is 2.56 bits per heavy atom. The summed E-state index contributed by atoms with van der Waals surface area (Å²) < 4.78 is 25.4. The second-order valence-corrected chi connectivity index (χ2v) is 8.11. The molecule has 1 N–H and O–H groups in total. The van der Waals surface area contributed by atoms with Crippen LogP contribution in [0.15, 0.2) is 61.1 Å². The monoisotopic (exact) mass is 384 g/mol. The molecule has 8 heteroatoms. The van der Waals surface area contributed by atoms with E-state index >= 15 is 0 Å². The lowest BCUT2D eigenvalue weighted by atomic mass is 10.2. The molecule has 3 aromatic rings. The number of carbonyl (C=O) groups excluding carboxylic acids is 1. The third kappa shape index (κ3) is 5.08. The molecule has 0 radical (unpaired) electrons. The number of rotatable bonds is 7. The van der Waals surface area contributed by atoms with Gasteiger partial charge in [-0.05, 0) is 29.8 Å². The van der Waals surface area contributed by atoms with Gasteiger partial charge in [0.15, 0.2) is 0 Å². The predicted octanol–water partition coefficient (Wildman–Crippen LogP) is 2.42. The third-order valence-electron chi connectivity index (χ3n) is 4.07. The number of hydrogen-bond donors (Lipinski definition) is 1. The number of nitrogens with one attached hydrogen (secondary N) is 1. The highest BCUT2D eigenvalue weighted by Gasteiger charge is 2.18. The molecule has 2 heterocycles. The van der Waals surface area contributed by atoms with E-state index in [1.54, 1.807) is 36.8 Å². The van der Waals surface area contributed by atoms with Crippen molar-refractivity contribution in [3.05, 3.63) is 66.6 Å². The number of pyridine rings is 2. The van der Waals surface area contributed by atoms with E-state index in [1.165, 1.54) is 4.31 Å². The topological polar surface area (TPSA) is 92.3 Å². The lowest BCUT2D eigenvalue weighted by molar-refractivity contribution is -0.116. The first kappa shape index (κ1) is 18.9. The van der Waals surface area contributed by atoms with E-state index in [2.05, 4.69) is 15.3 Å². The standard InChI is InChI=1S/C19H20N4O3S/c1-27(25,26)23(14-15-7-11-20-12-8-15)13-9-18(24)22-17-6-2-4-16-5-3-10-21-19(16)17/h2-8,10-12H,9,13-14H2,1H3,(H,22,24). The van der Waals surface area contributed by atoms with E-state index in [-0.39, 0.29) is 25.4 Å². The molecule has 0 aliphatic rings. The van der Waals surface area contributed by atoms with Crippen LogP contribution in [0.3, 0.4) is 0 Å². The summed E-state index contributed by atoms with van der Waals surface area (Å²) in [7, 11) is -3.45. The highest BCUT2D eigenvalue weighted by atomic mass is 32.2. The van der Waals surface area contributed by atoms with Crippen LogP contribution in [-0.2, 0) is 21.4 Å². The quantitative estimate of drug-likeness (QED) is 0.675. The Hall–Kier alpha value is -2.84. The number of sulfonamides is 1. The molecule has 2 aromatic heterocycles. The van der Waals surface area contributed by atoms with Gasteiger partial charge in [0, 0.05) is 43.5 Å². The maximum Gasteiger partial charge on any atom is 0.225 e. The molecule has 3 rings (SSSR count). The van der Waals surface area contributed by atoms with Gasteiger partial charge in [0.25, 0.3) is 0 Å². The van der Waals surface area contributed by atoms with Crippen LogP contribution in [0.5, 0.6) is 0 Å². The molecular weight excluding hydrogens is 364 g/mol. The third-order valence-corrected chi connectivity index (χ3v) is 5.32. The van der Waals surface area contributed by atoms with Crippen LogP contribution in [0.2, 0.25) is 0 Å². The SMILES string of the molecule is CS(=O)(=O)N(CCC(=O)Nc1cccc2cccnc12)Cc1ccncc1. The van der Waals surface area contributed by atoms with Crippen molar-refractivity contribution in [3.63, 3.8) is 0 Å². The lowest BCUT2D eigenvalue weighted by Gasteiger charge is -2.19. The minimum Gasteiger partial charge on any atom is -0.324 e. The van der Waals surface area contributed by atoms with Gasteiger partial charge >= 0.3 is 0 Å². The summed E-state index contributed by atoms with van der Waals surface area (Å²) in [5.74, 6) is -0.267.